The van der Waals surface area contributed by atoms with Gasteiger partial charge in [0.15, 0.2) is 5.65 Å². The van der Waals surface area contributed by atoms with E-state index in [1.165, 1.54) is 22.0 Å². The van der Waals surface area contributed by atoms with E-state index >= 15 is 0 Å². The Morgan fingerprint density at radius 1 is 1.19 bits per heavy atom. The van der Waals surface area contributed by atoms with Crippen LogP contribution in [0.3, 0.4) is 0 Å². The van der Waals surface area contributed by atoms with Crippen LogP contribution in [-0.4, -0.2) is 47.9 Å². The van der Waals surface area contributed by atoms with Crippen LogP contribution in [0, 0.1) is 0 Å². The van der Waals surface area contributed by atoms with Gasteiger partial charge in [0.1, 0.15) is 22.5 Å². The molecule has 1 aliphatic rings. The Labute approximate surface area is 155 Å². The summed E-state index contributed by atoms with van der Waals surface area (Å²) in [5.74, 6) is 0.156. The maximum atomic E-state index is 13.0. The molecule has 4 aromatic heterocycles. The number of nitrogens with zero attached hydrogens (tertiary/aromatic N) is 7. The van der Waals surface area contributed by atoms with Gasteiger partial charge in [-0.15, -0.1) is 16.4 Å². The lowest BCUT2D eigenvalue weighted by Crippen LogP contribution is -2.25. The monoisotopic (exact) mass is 393 g/mol. The highest BCUT2D eigenvalue weighted by Crippen LogP contribution is 2.36. The molecule has 7 nitrogen and oxygen atoms in total. The number of likely N-dealkylation sites (N-methyl/N-ethyl adjacent to an activating group) is 1. The third-order valence-electron chi connectivity index (χ3n) is 4.77. The fraction of sp³-hybridized carbons (Fsp3) is 0.375. The Hall–Kier alpha value is -2.53. The Morgan fingerprint density at radius 3 is 2.74 bits per heavy atom. The zero-order valence-electron chi connectivity index (χ0n) is 14.4. The Morgan fingerprint density at radius 2 is 2.00 bits per heavy atom. The van der Waals surface area contributed by atoms with Gasteiger partial charge >= 0.3 is 6.18 Å². The van der Waals surface area contributed by atoms with Crippen LogP contribution in [0.4, 0.5) is 13.2 Å². The van der Waals surface area contributed by atoms with Gasteiger partial charge in [-0.3, -0.25) is 4.68 Å². The van der Waals surface area contributed by atoms with E-state index in [1.807, 2.05) is 0 Å². The molecular formula is C16H14F3N7S. The minimum absolute atomic E-state index is 0.0884. The van der Waals surface area contributed by atoms with E-state index in [0.29, 0.717) is 5.65 Å². The highest BCUT2D eigenvalue weighted by Gasteiger charge is 2.35. The normalized spacial score (nSPS) is 15.7. The second-order valence-electron chi connectivity index (χ2n) is 6.66. The first kappa shape index (κ1) is 16.6. The Balaban J connectivity index is 1.69. The summed E-state index contributed by atoms with van der Waals surface area (Å²) in [5.41, 5.74) is 1.07. The Kier molecular flexibility index (Phi) is 3.38. The van der Waals surface area contributed by atoms with Crippen LogP contribution in [0.2, 0.25) is 0 Å². The molecule has 0 aromatic carbocycles. The van der Waals surface area contributed by atoms with E-state index in [0.717, 1.165) is 40.5 Å². The van der Waals surface area contributed by atoms with Crippen LogP contribution in [-0.2, 0) is 26.2 Å². The number of rotatable bonds is 1. The minimum atomic E-state index is -4.48. The van der Waals surface area contributed by atoms with Gasteiger partial charge in [-0.25, -0.2) is 14.5 Å². The molecule has 0 atom stereocenters. The summed E-state index contributed by atoms with van der Waals surface area (Å²) >= 11 is 1.63. The zero-order valence-corrected chi connectivity index (χ0v) is 15.3. The summed E-state index contributed by atoms with van der Waals surface area (Å²) in [4.78, 5) is 13.3. The Bertz CT molecular complexity index is 1190. The molecule has 0 N–H and O–H groups in total. The van der Waals surface area contributed by atoms with Crippen LogP contribution in [0.1, 0.15) is 16.1 Å². The van der Waals surface area contributed by atoms with Gasteiger partial charge in [-0.2, -0.15) is 18.3 Å². The smallest absolute Gasteiger partial charge is 0.301 e. The number of aryl methyl sites for hydroxylation is 1. The molecular weight excluding hydrogens is 379 g/mol. The maximum absolute atomic E-state index is 13.0. The van der Waals surface area contributed by atoms with Crippen LogP contribution in [0.15, 0.2) is 12.4 Å². The number of aromatic nitrogens is 6. The molecule has 0 aliphatic carbocycles. The summed E-state index contributed by atoms with van der Waals surface area (Å²) in [6, 6.07) is 0.970. The largest absolute Gasteiger partial charge is 0.433 e. The first-order chi connectivity index (χ1) is 12.8. The highest BCUT2D eigenvalue weighted by molar-refractivity contribution is 7.19. The number of fused-ring (bicyclic) bond motifs is 5. The molecule has 0 amide bonds. The predicted molar refractivity (Wildman–Crippen MR) is 93.4 cm³/mol. The van der Waals surface area contributed by atoms with E-state index in [1.54, 1.807) is 17.7 Å². The SMILES string of the molecule is CN1CCc2c(sc3ncn4nc(-c5cc(C(F)(F)F)n(C)n5)nc4c23)C1. The number of alkyl halides is 3. The summed E-state index contributed by atoms with van der Waals surface area (Å²) in [7, 11) is 3.33. The van der Waals surface area contributed by atoms with Gasteiger partial charge in [-0.1, -0.05) is 0 Å². The summed E-state index contributed by atoms with van der Waals surface area (Å²) in [6.07, 6.45) is -2.04. The van der Waals surface area contributed by atoms with E-state index in [9.17, 15) is 13.2 Å². The van der Waals surface area contributed by atoms with Crippen molar-refractivity contribution in [3.63, 3.8) is 0 Å². The molecule has 0 fully saturated rings. The molecule has 0 spiro atoms. The van der Waals surface area contributed by atoms with E-state index in [2.05, 4.69) is 32.1 Å². The zero-order chi connectivity index (χ0) is 18.9. The standard InChI is InChI=1S/C16H14F3N7S/c1-24-4-3-8-10(6-24)27-15-12(8)14-21-13(23-26(14)7-20-15)9-5-11(16(17,18)19)25(2)22-9/h5,7H,3-4,6H2,1-2H3. The van der Waals surface area contributed by atoms with Gasteiger partial charge in [0.2, 0.25) is 5.82 Å². The third-order valence-corrected chi connectivity index (χ3v) is 5.89. The van der Waals surface area contributed by atoms with Crippen LogP contribution >= 0.6 is 11.3 Å². The molecule has 4 aromatic rings. The van der Waals surface area contributed by atoms with Gasteiger partial charge in [0.25, 0.3) is 0 Å². The summed E-state index contributed by atoms with van der Waals surface area (Å²) in [5, 5.41) is 9.19. The topological polar surface area (TPSA) is 64.1 Å². The van der Waals surface area contributed by atoms with Crippen molar-refractivity contribution in [1.82, 2.24) is 34.3 Å². The van der Waals surface area contributed by atoms with Gasteiger partial charge in [0.05, 0.1) is 5.39 Å². The van der Waals surface area contributed by atoms with Crippen molar-refractivity contribution in [2.45, 2.75) is 19.1 Å². The van der Waals surface area contributed by atoms with Crippen LogP contribution in [0.5, 0.6) is 0 Å². The van der Waals surface area contributed by atoms with E-state index < -0.39 is 11.9 Å². The first-order valence-electron chi connectivity index (χ1n) is 8.27. The minimum Gasteiger partial charge on any atom is -0.301 e. The first-order valence-corrected chi connectivity index (χ1v) is 9.08. The number of hydrogen-bond acceptors (Lipinski definition) is 6. The van der Waals surface area contributed by atoms with Gasteiger partial charge < -0.3 is 4.90 Å². The molecule has 1 aliphatic heterocycles. The second kappa shape index (κ2) is 5.49. The van der Waals surface area contributed by atoms with Crippen LogP contribution < -0.4 is 0 Å². The van der Waals surface area contributed by atoms with Gasteiger partial charge in [0, 0.05) is 25.0 Å². The lowest BCUT2D eigenvalue weighted by atomic mass is 10.1. The van der Waals surface area contributed by atoms with Crippen molar-refractivity contribution in [2.75, 3.05) is 13.6 Å². The average Bonchev–Trinajstić information content (AvgIpc) is 3.26. The van der Waals surface area contributed by atoms with Crippen molar-refractivity contribution in [1.29, 1.82) is 0 Å². The third kappa shape index (κ3) is 2.52. The number of thiophene rings is 1. The molecule has 0 bridgehead atoms. The van der Waals surface area contributed by atoms with Crippen molar-refractivity contribution in [3.8, 4) is 11.5 Å². The van der Waals surface area contributed by atoms with Crippen LogP contribution in [0.25, 0.3) is 27.4 Å². The van der Waals surface area contributed by atoms with Crippen molar-refractivity contribution >= 4 is 27.2 Å². The molecule has 140 valence electrons. The van der Waals surface area contributed by atoms with Crippen molar-refractivity contribution in [2.24, 2.45) is 7.05 Å². The molecule has 5 rings (SSSR count). The molecule has 27 heavy (non-hydrogen) atoms. The summed E-state index contributed by atoms with van der Waals surface area (Å²) in [6.45, 7) is 1.80. The molecule has 0 saturated heterocycles. The quantitative estimate of drug-likeness (QED) is 0.498. The van der Waals surface area contributed by atoms with Gasteiger partial charge in [-0.05, 0) is 25.1 Å². The van der Waals surface area contributed by atoms with Crippen molar-refractivity contribution in [3.05, 3.63) is 28.5 Å². The predicted octanol–water partition coefficient (Wildman–Crippen LogP) is 2.75. The molecule has 5 heterocycles. The molecule has 0 radical (unpaired) electrons. The van der Waals surface area contributed by atoms with E-state index in [4.69, 9.17) is 0 Å². The highest BCUT2D eigenvalue weighted by atomic mass is 32.1. The lowest BCUT2D eigenvalue weighted by Gasteiger charge is -2.21. The lowest BCUT2D eigenvalue weighted by molar-refractivity contribution is -0.143. The fourth-order valence-corrected chi connectivity index (χ4v) is 4.73. The van der Waals surface area contributed by atoms with E-state index in [-0.39, 0.29) is 11.5 Å². The molecule has 0 saturated carbocycles. The number of hydrogen-bond donors (Lipinski definition) is 0. The maximum Gasteiger partial charge on any atom is 0.433 e. The average molecular weight is 393 g/mol. The fourth-order valence-electron chi connectivity index (χ4n) is 3.47. The molecule has 0 unspecified atom stereocenters. The second-order valence-corrected chi connectivity index (χ2v) is 7.74. The number of halogens is 3. The molecule has 11 heteroatoms. The summed E-state index contributed by atoms with van der Waals surface area (Å²) < 4.78 is 41.5. The van der Waals surface area contributed by atoms with Crippen molar-refractivity contribution < 1.29 is 13.2 Å².